The average molecular weight is 525 g/mol. The molecule has 31 heavy (non-hydrogen) atoms. The number of halogens is 2. The third-order valence-corrected chi connectivity index (χ3v) is 16.3. The summed E-state index contributed by atoms with van der Waals surface area (Å²) in [5, 5.41) is 0. The molecule has 0 saturated heterocycles. The largest absolute Gasteiger partial charge is 1.00 e. The van der Waals surface area contributed by atoms with E-state index in [0.29, 0.717) is 7.25 Å². The van der Waals surface area contributed by atoms with E-state index in [1.54, 1.807) is 16.7 Å². The standard InChI is InChI=1S/C13H9.C9H7.C6H10.2ClH.Zr/c1-3-7-12-10(5-1)9-11-6-2-4-8-13(11)12;1-2-5-9-7-3-6-8(9)4-1;1-2-4-6-5-3-1;;;/h1-9H;1-7H;1-5H2;2*1H;/q;;;;;+2/p-2. The van der Waals surface area contributed by atoms with Gasteiger partial charge in [-0.3, -0.25) is 0 Å². The van der Waals surface area contributed by atoms with E-state index in [2.05, 4.69) is 84.9 Å². The molecular formula is C28H26Cl2Zr. The van der Waals surface area contributed by atoms with Crippen molar-refractivity contribution < 1.29 is 46.1 Å². The topological polar surface area (TPSA) is 0 Å². The van der Waals surface area contributed by atoms with E-state index in [-0.39, 0.29) is 24.8 Å². The molecule has 0 heterocycles. The summed E-state index contributed by atoms with van der Waals surface area (Å²) in [6.45, 7) is 0. The number of hydrogen-bond donors (Lipinski definition) is 0. The van der Waals surface area contributed by atoms with Crippen LogP contribution in [0.15, 0.2) is 78.9 Å². The van der Waals surface area contributed by atoms with Crippen LogP contribution in [-0.2, 0) is 21.3 Å². The van der Waals surface area contributed by atoms with Crippen molar-refractivity contribution in [3.05, 3.63) is 101 Å². The number of rotatable bonds is 2. The molecule has 1 atom stereocenters. The minimum Gasteiger partial charge on any atom is -1.00 e. The summed E-state index contributed by atoms with van der Waals surface area (Å²) < 4.78 is 3.35. The van der Waals surface area contributed by atoms with Gasteiger partial charge in [0.2, 0.25) is 0 Å². The predicted octanol–water partition coefficient (Wildman–Crippen LogP) is 1.29. The van der Waals surface area contributed by atoms with Gasteiger partial charge in [0.15, 0.2) is 0 Å². The van der Waals surface area contributed by atoms with Crippen LogP contribution in [0.3, 0.4) is 0 Å². The second-order valence-corrected chi connectivity index (χ2v) is 15.6. The summed E-state index contributed by atoms with van der Waals surface area (Å²) in [4.78, 5) is 0. The summed E-state index contributed by atoms with van der Waals surface area (Å²) in [6, 6.07) is 27.8. The first kappa shape index (κ1) is 22.9. The molecule has 0 nitrogen and oxygen atoms in total. The van der Waals surface area contributed by atoms with E-state index in [4.69, 9.17) is 0 Å². The fourth-order valence-corrected chi connectivity index (χ4v) is 16.2. The minimum atomic E-state index is -2.07. The van der Waals surface area contributed by atoms with Crippen molar-refractivity contribution >= 4 is 9.28 Å². The van der Waals surface area contributed by atoms with Gasteiger partial charge in [-0.15, -0.1) is 0 Å². The summed E-state index contributed by atoms with van der Waals surface area (Å²) in [5.74, 6) is 0. The molecule has 156 valence electrons. The van der Waals surface area contributed by atoms with Crippen molar-refractivity contribution in [1.29, 1.82) is 0 Å². The molecule has 0 N–H and O–H groups in total. The minimum absolute atomic E-state index is 0. The van der Waals surface area contributed by atoms with Gasteiger partial charge in [0.1, 0.15) is 0 Å². The molecule has 0 aromatic heterocycles. The Morgan fingerprint density at radius 3 is 1.81 bits per heavy atom. The van der Waals surface area contributed by atoms with Crippen LogP contribution >= 0.6 is 0 Å². The van der Waals surface area contributed by atoms with Crippen molar-refractivity contribution in [3.8, 4) is 11.1 Å². The second-order valence-electron chi connectivity index (χ2n) is 8.69. The normalized spacial score (nSPS) is 18.2. The van der Waals surface area contributed by atoms with Gasteiger partial charge in [-0.1, -0.05) is 0 Å². The maximum Gasteiger partial charge on any atom is -1.00 e. The molecule has 1 saturated carbocycles. The molecule has 3 heteroatoms. The fourth-order valence-electron chi connectivity index (χ4n) is 5.88. The average Bonchev–Trinajstić information content (AvgIpc) is 3.36. The molecule has 1 unspecified atom stereocenters. The van der Waals surface area contributed by atoms with Crippen LogP contribution in [0.2, 0.25) is 0 Å². The molecule has 3 aliphatic carbocycles. The third kappa shape index (κ3) is 3.88. The van der Waals surface area contributed by atoms with Crippen LogP contribution in [0.5, 0.6) is 0 Å². The number of allylic oxidation sites excluding steroid dienone is 1. The predicted molar refractivity (Wildman–Crippen MR) is 120 cm³/mol. The second kappa shape index (κ2) is 9.70. The van der Waals surface area contributed by atoms with Crippen molar-refractivity contribution in [1.82, 2.24) is 0 Å². The smallest absolute Gasteiger partial charge is 1.00 e. The maximum atomic E-state index is 2.59. The molecule has 0 bridgehead atoms. The monoisotopic (exact) mass is 522 g/mol. The zero-order chi connectivity index (χ0) is 19.2. The Morgan fingerprint density at radius 2 is 1.16 bits per heavy atom. The molecular weight excluding hydrogens is 498 g/mol. The summed E-state index contributed by atoms with van der Waals surface area (Å²) >= 11 is -2.07. The molecule has 3 aliphatic rings. The zero-order valence-corrected chi connectivity index (χ0v) is 21.5. The SMILES string of the molecule is C1=C[CH]([Zr+2](=[C]2CCCCC2)[CH]2c3ccccc3-c3ccccc32)c2ccccc21.[Cl-].[Cl-]. The Hall–Kier alpha value is -1.27. The molecule has 0 aliphatic heterocycles. The molecule has 0 radical (unpaired) electrons. The first-order chi connectivity index (χ1) is 14.4. The van der Waals surface area contributed by atoms with E-state index in [1.807, 2.05) is 3.21 Å². The third-order valence-electron chi connectivity index (χ3n) is 7.14. The quantitative estimate of drug-likeness (QED) is 0.474. The number of benzene rings is 3. The van der Waals surface area contributed by atoms with Crippen LogP contribution in [0.25, 0.3) is 17.2 Å². The van der Waals surface area contributed by atoms with Gasteiger partial charge in [0.25, 0.3) is 0 Å². The number of fused-ring (bicyclic) bond motifs is 4. The van der Waals surface area contributed by atoms with Crippen LogP contribution in [0, 0.1) is 0 Å². The first-order valence-corrected chi connectivity index (χ1v) is 15.2. The van der Waals surface area contributed by atoms with Crippen molar-refractivity contribution in [2.75, 3.05) is 0 Å². The Bertz CT molecular complexity index is 1110. The fraction of sp³-hybridized carbons (Fsp3) is 0.250. The molecule has 0 spiro atoms. The van der Waals surface area contributed by atoms with Gasteiger partial charge < -0.3 is 24.8 Å². The van der Waals surface area contributed by atoms with E-state index in [0.717, 1.165) is 0 Å². The Morgan fingerprint density at radius 1 is 0.613 bits per heavy atom. The van der Waals surface area contributed by atoms with Crippen LogP contribution < -0.4 is 24.8 Å². The van der Waals surface area contributed by atoms with Crippen molar-refractivity contribution in [2.45, 2.75) is 39.4 Å². The molecule has 6 rings (SSSR count). The van der Waals surface area contributed by atoms with Gasteiger partial charge in [-0.05, 0) is 0 Å². The van der Waals surface area contributed by atoms with Gasteiger partial charge in [-0.25, -0.2) is 0 Å². The number of hydrogen-bond acceptors (Lipinski definition) is 0. The van der Waals surface area contributed by atoms with E-state index < -0.39 is 21.3 Å². The molecule has 1 fully saturated rings. The Labute approximate surface area is 205 Å². The van der Waals surface area contributed by atoms with Crippen LogP contribution in [0.1, 0.15) is 61.6 Å². The first-order valence-electron chi connectivity index (χ1n) is 11.1. The summed E-state index contributed by atoms with van der Waals surface area (Å²) in [7, 11) is 0. The van der Waals surface area contributed by atoms with E-state index in [1.165, 1.54) is 48.8 Å². The van der Waals surface area contributed by atoms with Gasteiger partial charge in [0.05, 0.1) is 0 Å². The van der Waals surface area contributed by atoms with Gasteiger partial charge >= 0.3 is 182 Å². The summed E-state index contributed by atoms with van der Waals surface area (Å²) in [6.07, 6.45) is 12.0. The van der Waals surface area contributed by atoms with Crippen molar-refractivity contribution in [3.63, 3.8) is 0 Å². The molecule has 3 aromatic carbocycles. The van der Waals surface area contributed by atoms with E-state index in [9.17, 15) is 0 Å². The van der Waals surface area contributed by atoms with Crippen LogP contribution in [0.4, 0.5) is 0 Å². The van der Waals surface area contributed by atoms with Gasteiger partial charge in [-0.2, -0.15) is 0 Å². The molecule has 0 amide bonds. The Balaban J connectivity index is 0.00000116. The van der Waals surface area contributed by atoms with Gasteiger partial charge in [0, 0.05) is 0 Å². The van der Waals surface area contributed by atoms with Crippen LogP contribution in [-0.4, -0.2) is 3.21 Å². The molecule has 3 aromatic rings. The van der Waals surface area contributed by atoms with Crippen molar-refractivity contribution in [2.24, 2.45) is 0 Å². The summed E-state index contributed by atoms with van der Waals surface area (Å²) in [5.41, 5.74) is 9.32. The zero-order valence-electron chi connectivity index (χ0n) is 17.5. The van der Waals surface area contributed by atoms with E-state index >= 15 is 0 Å². The Kier molecular flexibility index (Phi) is 7.17. The maximum absolute atomic E-state index is 2.59.